The third-order valence-electron chi connectivity index (χ3n) is 1.63. The molecule has 2 rings (SSSR count). The third-order valence-corrected chi connectivity index (χ3v) is 2.84. The third kappa shape index (κ3) is 2.46. The number of halogens is 2. The standard InChI is InChI=1S/C8H4Br2N2O.C2H6/c9-4-3-5(10)8(13)7-6(4)11-1-2-12-7;1-2/h1-3,13H;1-2H3. The van der Waals surface area contributed by atoms with Crippen LogP contribution in [0.5, 0.6) is 5.75 Å². The Balaban J connectivity index is 0.000000531. The summed E-state index contributed by atoms with van der Waals surface area (Å²) in [6, 6.07) is 1.74. The maximum absolute atomic E-state index is 9.61. The molecule has 0 saturated heterocycles. The molecular weight excluding hydrogens is 324 g/mol. The molecule has 2 aromatic rings. The maximum Gasteiger partial charge on any atom is 0.157 e. The van der Waals surface area contributed by atoms with Crippen molar-refractivity contribution in [1.29, 1.82) is 0 Å². The SMILES string of the molecule is CC.Oc1c(Br)cc(Br)c2nccnc12. The number of aromatic hydroxyl groups is 1. The largest absolute Gasteiger partial charge is 0.504 e. The number of phenolic OH excluding ortho intramolecular Hbond substituents is 1. The summed E-state index contributed by atoms with van der Waals surface area (Å²) < 4.78 is 1.41. The Kier molecular flexibility index (Phi) is 4.47. The molecule has 0 fully saturated rings. The average molecular weight is 334 g/mol. The van der Waals surface area contributed by atoms with E-state index in [1.807, 2.05) is 13.8 Å². The first-order chi connectivity index (χ1) is 7.20. The lowest BCUT2D eigenvalue weighted by Gasteiger charge is -2.02. The van der Waals surface area contributed by atoms with Gasteiger partial charge in [0.05, 0.1) is 4.47 Å². The van der Waals surface area contributed by atoms with Gasteiger partial charge in [0, 0.05) is 16.9 Å². The van der Waals surface area contributed by atoms with Crippen LogP contribution in [0.4, 0.5) is 0 Å². The molecule has 0 atom stereocenters. The average Bonchev–Trinajstić information content (AvgIpc) is 2.29. The minimum Gasteiger partial charge on any atom is -0.504 e. The van der Waals surface area contributed by atoms with Crippen molar-refractivity contribution in [3.8, 4) is 5.75 Å². The number of fused-ring (bicyclic) bond motifs is 1. The van der Waals surface area contributed by atoms with Gasteiger partial charge in [-0.15, -0.1) is 0 Å². The molecule has 15 heavy (non-hydrogen) atoms. The number of phenols is 1. The molecule has 3 nitrogen and oxygen atoms in total. The number of rotatable bonds is 0. The summed E-state index contributed by atoms with van der Waals surface area (Å²) in [6.07, 6.45) is 3.13. The fraction of sp³-hybridized carbons (Fsp3) is 0.200. The smallest absolute Gasteiger partial charge is 0.157 e. The molecular formula is C10H10Br2N2O. The van der Waals surface area contributed by atoms with Crippen LogP contribution in [0.3, 0.4) is 0 Å². The highest BCUT2D eigenvalue weighted by atomic mass is 79.9. The number of benzene rings is 1. The van der Waals surface area contributed by atoms with E-state index >= 15 is 0 Å². The molecule has 80 valence electrons. The first kappa shape index (κ1) is 12.4. The molecule has 0 saturated carbocycles. The minimum absolute atomic E-state index is 0.117. The molecule has 1 aromatic heterocycles. The van der Waals surface area contributed by atoms with Crippen LogP contribution >= 0.6 is 31.9 Å². The number of hydrogen-bond acceptors (Lipinski definition) is 3. The van der Waals surface area contributed by atoms with E-state index in [2.05, 4.69) is 41.8 Å². The summed E-state index contributed by atoms with van der Waals surface area (Å²) in [4.78, 5) is 8.12. The van der Waals surface area contributed by atoms with Gasteiger partial charge in [-0.2, -0.15) is 0 Å². The molecule has 1 heterocycles. The lowest BCUT2D eigenvalue weighted by atomic mass is 10.3. The van der Waals surface area contributed by atoms with Crippen LogP contribution in [0.2, 0.25) is 0 Å². The van der Waals surface area contributed by atoms with Crippen LogP contribution in [0.25, 0.3) is 11.0 Å². The molecule has 1 N–H and O–H groups in total. The molecule has 5 heteroatoms. The van der Waals surface area contributed by atoms with Gasteiger partial charge in [0.15, 0.2) is 5.75 Å². The second-order valence-electron chi connectivity index (χ2n) is 2.44. The highest BCUT2D eigenvalue weighted by Crippen LogP contribution is 2.34. The Morgan fingerprint density at radius 3 is 2.13 bits per heavy atom. The molecule has 0 unspecified atom stereocenters. The number of nitrogens with zero attached hydrogens (tertiary/aromatic N) is 2. The van der Waals surface area contributed by atoms with Crippen LogP contribution in [0, 0.1) is 0 Å². The normalized spacial score (nSPS) is 9.60. The van der Waals surface area contributed by atoms with Crippen molar-refractivity contribution in [2.45, 2.75) is 13.8 Å². The summed E-state index contributed by atoms with van der Waals surface area (Å²) in [5.74, 6) is 0.117. The summed E-state index contributed by atoms with van der Waals surface area (Å²) in [5, 5.41) is 9.61. The first-order valence-electron chi connectivity index (χ1n) is 4.48. The van der Waals surface area contributed by atoms with E-state index in [0.29, 0.717) is 15.5 Å². The zero-order chi connectivity index (χ0) is 11.4. The summed E-state index contributed by atoms with van der Waals surface area (Å²) in [7, 11) is 0. The Morgan fingerprint density at radius 2 is 1.53 bits per heavy atom. The van der Waals surface area contributed by atoms with E-state index < -0.39 is 0 Å². The van der Waals surface area contributed by atoms with E-state index in [1.54, 1.807) is 18.5 Å². The van der Waals surface area contributed by atoms with E-state index in [0.717, 1.165) is 4.47 Å². The van der Waals surface area contributed by atoms with E-state index in [9.17, 15) is 5.11 Å². The molecule has 0 aliphatic carbocycles. The zero-order valence-electron chi connectivity index (χ0n) is 8.33. The Hall–Kier alpha value is -0.680. The number of hydrogen-bond donors (Lipinski definition) is 1. The van der Waals surface area contributed by atoms with E-state index in [4.69, 9.17) is 0 Å². The summed E-state index contributed by atoms with van der Waals surface area (Å²) >= 11 is 6.56. The van der Waals surface area contributed by atoms with Gasteiger partial charge in [0.1, 0.15) is 11.0 Å². The van der Waals surface area contributed by atoms with Crippen molar-refractivity contribution in [3.05, 3.63) is 27.4 Å². The highest BCUT2D eigenvalue weighted by Gasteiger charge is 2.09. The molecule has 0 spiro atoms. The predicted molar refractivity (Wildman–Crippen MR) is 68.0 cm³/mol. The van der Waals surface area contributed by atoms with Crippen molar-refractivity contribution >= 4 is 42.9 Å². The van der Waals surface area contributed by atoms with E-state index in [1.165, 1.54) is 0 Å². The fourth-order valence-electron chi connectivity index (χ4n) is 1.05. The Labute approximate surface area is 105 Å². The molecule has 0 aliphatic heterocycles. The van der Waals surface area contributed by atoms with Crippen molar-refractivity contribution in [2.75, 3.05) is 0 Å². The van der Waals surface area contributed by atoms with Crippen molar-refractivity contribution in [3.63, 3.8) is 0 Å². The van der Waals surface area contributed by atoms with Crippen LogP contribution in [0.1, 0.15) is 13.8 Å². The van der Waals surface area contributed by atoms with Gasteiger partial charge in [-0.05, 0) is 37.9 Å². The second kappa shape index (κ2) is 5.42. The molecule has 0 aliphatic rings. The fourth-order valence-corrected chi connectivity index (χ4v) is 2.29. The second-order valence-corrected chi connectivity index (χ2v) is 4.15. The zero-order valence-corrected chi connectivity index (χ0v) is 11.5. The van der Waals surface area contributed by atoms with Gasteiger partial charge in [0.2, 0.25) is 0 Å². The first-order valence-corrected chi connectivity index (χ1v) is 6.06. The van der Waals surface area contributed by atoms with Crippen LogP contribution < -0.4 is 0 Å². The summed E-state index contributed by atoms with van der Waals surface area (Å²) in [5.41, 5.74) is 1.15. The predicted octanol–water partition coefficient (Wildman–Crippen LogP) is 3.89. The summed E-state index contributed by atoms with van der Waals surface area (Å²) in [6.45, 7) is 4.00. The van der Waals surface area contributed by atoms with Gasteiger partial charge >= 0.3 is 0 Å². The van der Waals surface area contributed by atoms with Crippen molar-refractivity contribution in [2.24, 2.45) is 0 Å². The van der Waals surface area contributed by atoms with Crippen molar-refractivity contribution < 1.29 is 5.11 Å². The Morgan fingerprint density at radius 1 is 1.00 bits per heavy atom. The monoisotopic (exact) mass is 332 g/mol. The maximum atomic E-state index is 9.61. The Bertz CT molecular complexity index is 474. The van der Waals surface area contributed by atoms with Crippen LogP contribution in [-0.2, 0) is 0 Å². The van der Waals surface area contributed by atoms with Crippen LogP contribution in [0.15, 0.2) is 27.4 Å². The van der Waals surface area contributed by atoms with Crippen molar-refractivity contribution in [1.82, 2.24) is 9.97 Å². The topological polar surface area (TPSA) is 46.0 Å². The van der Waals surface area contributed by atoms with E-state index in [-0.39, 0.29) is 5.75 Å². The highest BCUT2D eigenvalue weighted by molar-refractivity contribution is 9.11. The number of aromatic nitrogens is 2. The van der Waals surface area contributed by atoms with Gasteiger partial charge < -0.3 is 5.11 Å². The van der Waals surface area contributed by atoms with Gasteiger partial charge in [-0.3, -0.25) is 4.98 Å². The van der Waals surface area contributed by atoms with Gasteiger partial charge in [0.25, 0.3) is 0 Å². The quantitative estimate of drug-likeness (QED) is 0.795. The molecule has 0 amide bonds. The lowest BCUT2D eigenvalue weighted by molar-refractivity contribution is 0.477. The van der Waals surface area contributed by atoms with Gasteiger partial charge in [-0.25, -0.2) is 4.98 Å². The molecule has 0 radical (unpaired) electrons. The van der Waals surface area contributed by atoms with Crippen LogP contribution in [-0.4, -0.2) is 15.1 Å². The molecule has 0 bridgehead atoms. The minimum atomic E-state index is 0.117. The lowest BCUT2D eigenvalue weighted by Crippen LogP contribution is -1.85. The van der Waals surface area contributed by atoms with Gasteiger partial charge in [-0.1, -0.05) is 13.8 Å². The molecule has 1 aromatic carbocycles.